The quantitative estimate of drug-likeness (QED) is 0.803. The van der Waals surface area contributed by atoms with Crippen molar-refractivity contribution in [2.45, 2.75) is 82.2 Å². The minimum Gasteiger partial charge on any atom is -0.396 e. The highest BCUT2D eigenvalue weighted by molar-refractivity contribution is 5.05. The molecule has 5 saturated carbocycles. The first-order valence-corrected chi connectivity index (χ1v) is 9.89. The van der Waals surface area contributed by atoms with Crippen LogP contribution < -0.4 is 0 Å². The molecule has 2 spiro atoms. The molecule has 1 saturated heterocycles. The molecule has 6 fully saturated rings. The smallest absolute Gasteiger partial charge is 0.210 e. The van der Waals surface area contributed by atoms with E-state index in [0.29, 0.717) is 18.4 Å². The van der Waals surface area contributed by atoms with Crippen molar-refractivity contribution in [2.75, 3.05) is 6.61 Å². The molecule has 4 heteroatoms. The van der Waals surface area contributed by atoms with E-state index in [0.717, 1.165) is 56.3 Å². The van der Waals surface area contributed by atoms with Crippen LogP contribution in [0.15, 0.2) is 0 Å². The molecule has 23 heavy (non-hydrogen) atoms. The summed E-state index contributed by atoms with van der Waals surface area (Å²) in [5.41, 5.74) is 0. The molecule has 0 radical (unpaired) electrons. The first kappa shape index (κ1) is 15.1. The highest BCUT2D eigenvalue weighted by Crippen LogP contribution is 2.63. The van der Waals surface area contributed by atoms with E-state index in [9.17, 15) is 0 Å². The second-order valence-electron chi connectivity index (χ2n) is 9.01. The van der Waals surface area contributed by atoms with Gasteiger partial charge >= 0.3 is 0 Å². The minimum atomic E-state index is -0.467. The Morgan fingerprint density at radius 1 is 0.870 bits per heavy atom. The van der Waals surface area contributed by atoms with Gasteiger partial charge in [0.25, 0.3) is 0 Å². The summed E-state index contributed by atoms with van der Waals surface area (Å²) in [6, 6.07) is 0. The van der Waals surface area contributed by atoms with Gasteiger partial charge in [0.2, 0.25) is 11.6 Å². The van der Waals surface area contributed by atoms with Crippen LogP contribution in [-0.4, -0.2) is 23.3 Å². The van der Waals surface area contributed by atoms with Gasteiger partial charge in [0.05, 0.1) is 0 Å². The van der Waals surface area contributed by atoms with E-state index in [-0.39, 0.29) is 0 Å². The largest absolute Gasteiger partial charge is 0.396 e. The van der Waals surface area contributed by atoms with E-state index in [4.69, 9.17) is 19.6 Å². The van der Waals surface area contributed by atoms with E-state index in [2.05, 4.69) is 0 Å². The van der Waals surface area contributed by atoms with Crippen LogP contribution in [0.2, 0.25) is 0 Å². The molecular formula is C19H30O4. The Labute approximate surface area is 138 Å². The third-order valence-electron chi connectivity index (χ3n) is 7.58. The van der Waals surface area contributed by atoms with Gasteiger partial charge in [-0.3, -0.25) is 0 Å². The van der Waals surface area contributed by atoms with Gasteiger partial charge < -0.3 is 9.84 Å². The molecule has 0 aromatic carbocycles. The van der Waals surface area contributed by atoms with Crippen molar-refractivity contribution in [3.8, 4) is 0 Å². The van der Waals surface area contributed by atoms with Gasteiger partial charge in [-0.05, 0) is 75.5 Å². The lowest BCUT2D eigenvalue weighted by Gasteiger charge is -2.57. The zero-order valence-corrected chi connectivity index (χ0v) is 14.0. The van der Waals surface area contributed by atoms with Crippen molar-refractivity contribution in [1.29, 1.82) is 0 Å². The van der Waals surface area contributed by atoms with Crippen LogP contribution in [0.1, 0.15) is 70.6 Å². The minimum absolute atomic E-state index is 0.312. The van der Waals surface area contributed by atoms with Crippen LogP contribution >= 0.6 is 0 Å². The topological polar surface area (TPSA) is 47.9 Å². The van der Waals surface area contributed by atoms with Crippen LogP contribution in [0.25, 0.3) is 0 Å². The second-order valence-corrected chi connectivity index (χ2v) is 9.01. The molecular weight excluding hydrogens is 292 g/mol. The first-order valence-electron chi connectivity index (χ1n) is 9.89. The van der Waals surface area contributed by atoms with Gasteiger partial charge in [-0.25, -0.2) is 0 Å². The zero-order chi connectivity index (χ0) is 15.5. The average molecular weight is 322 g/mol. The van der Waals surface area contributed by atoms with E-state index in [1.165, 1.54) is 32.1 Å². The maximum atomic E-state index is 9.02. The standard InChI is InChI=1S/C19H30O4/c20-7-1-2-13-3-5-18(6-4-13)21-19(23-22-18)16-9-14-8-15(11-16)12-17(19)10-14/h13-17,20H,1-12H2. The zero-order valence-electron chi connectivity index (χ0n) is 14.0. The third kappa shape index (κ3) is 2.32. The molecule has 1 heterocycles. The summed E-state index contributed by atoms with van der Waals surface area (Å²) in [7, 11) is 0. The molecule has 1 aliphatic heterocycles. The Morgan fingerprint density at radius 3 is 2.13 bits per heavy atom. The van der Waals surface area contributed by atoms with E-state index >= 15 is 0 Å². The summed E-state index contributed by atoms with van der Waals surface area (Å²) in [4.78, 5) is 12.0. The lowest BCUT2D eigenvalue weighted by Crippen LogP contribution is -2.59. The Bertz CT molecular complexity index is 426. The number of hydrogen-bond acceptors (Lipinski definition) is 4. The fraction of sp³-hybridized carbons (Fsp3) is 1.00. The highest BCUT2D eigenvalue weighted by Gasteiger charge is 2.66. The van der Waals surface area contributed by atoms with Crippen LogP contribution in [0.4, 0.5) is 0 Å². The third-order valence-corrected chi connectivity index (χ3v) is 7.58. The van der Waals surface area contributed by atoms with Gasteiger partial charge in [-0.15, -0.1) is 0 Å². The first-order chi connectivity index (χ1) is 11.2. The maximum absolute atomic E-state index is 9.02. The van der Waals surface area contributed by atoms with Crippen LogP contribution in [0.3, 0.4) is 0 Å². The molecule has 1 N–H and O–H groups in total. The fourth-order valence-corrected chi connectivity index (χ4v) is 6.58. The molecule has 0 atom stereocenters. The fourth-order valence-electron chi connectivity index (χ4n) is 6.58. The SMILES string of the molecule is OCCCC1CCC2(CC1)OOC1(O2)C2CC3CC(C2)CC1C3. The summed E-state index contributed by atoms with van der Waals surface area (Å²) in [5, 5.41) is 9.02. The molecule has 4 nitrogen and oxygen atoms in total. The summed E-state index contributed by atoms with van der Waals surface area (Å²) in [6.45, 7) is 0.312. The number of aliphatic hydroxyl groups is 1. The van der Waals surface area contributed by atoms with Crippen molar-refractivity contribution in [1.82, 2.24) is 0 Å². The Hall–Kier alpha value is -0.160. The summed E-state index contributed by atoms with van der Waals surface area (Å²) in [5.74, 6) is 2.80. The monoisotopic (exact) mass is 322 g/mol. The van der Waals surface area contributed by atoms with Crippen LogP contribution in [-0.2, 0) is 14.5 Å². The Balaban J connectivity index is 1.28. The maximum Gasteiger partial charge on any atom is 0.210 e. The lowest BCUT2D eigenvalue weighted by atomic mass is 9.53. The molecule has 130 valence electrons. The molecule has 4 bridgehead atoms. The van der Waals surface area contributed by atoms with Crippen molar-refractivity contribution < 1.29 is 19.6 Å². The summed E-state index contributed by atoms with van der Waals surface area (Å²) < 4.78 is 6.71. The molecule has 5 aliphatic carbocycles. The lowest BCUT2D eigenvalue weighted by molar-refractivity contribution is -0.390. The van der Waals surface area contributed by atoms with E-state index in [1.807, 2.05) is 0 Å². The predicted molar refractivity (Wildman–Crippen MR) is 84.0 cm³/mol. The molecule has 0 amide bonds. The van der Waals surface area contributed by atoms with E-state index in [1.54, 1.807) is 0 Å². The van der Waals surface area contributed by atoms with Crippen LogP contribution in [0.5, 0.6) is 0 Å². The van der Waals surface area contributed by atoms with Gasteiger partial charge in [-0.2, -0.15) is 9.78 Å². The summed E-state index contributed by atoms with van der Waals surface area (Å²) in [6.07, 6.45) is 12.8. The van der Waals surface area contributed by atoms with Crippen molar-refractivity contribution in [3.05, 3.63) is 0 Å². The van der Waals surface area contributed by atoms with Crippen molar-refractivity contribution in [2.24, 2.45) is 29.6 Å². The van der Waals surface area contributed by atoms with Crippen molar-refractivity contribution in [3.63, 3.8) is 0 Å². The van der Waals surface area contributed by atoms with Gasteiger partial charge in [-0.1, -0.05) is 0 Å². The van der Waals surface area contributed by atoms with E-state index < -0.39 is 11.6 Å². The average Bonchev–Trinajstić information content (AvgIpc) is 2.92. The second kappa shape index (κ2) is 5.42. The number of ether oxygens (including phenoxy) is 1. The molecule has 6 aliphatic rings. The Morgan fingerprint density at radius 2 is 1.52 bits per heavy atom. The highest BCUT2D eigenvalue weighted by atomic mass is 17.3. The van der Waals surface area contributed by atoms with Gasteiger partial charge in [0.15, 0.2) is 0 Å². The van der Waals surface area contributed by atoms with Gasteiger partial charge in [0.1, 0.15) is 0 Å². The molecule has 0 aromatic rings. The number of hydrogen-bond donors (Lipinski definition) is 1. The number of rotatable bonds is 3. The summed E-state index contributed by atoms with van der Waals surface area (Å²) >= 11 is 0. The molecule has 0 unspecified atom stereocenters. The predicted octanol–water partition coefficient (Wildman–Crippen LogP) is 3.78. The normalized spacial score (nSPS) is 54.4. The number of aliphatic hydroxyl groups excluding tert-OH is 1. The van der Waals surface area contributed by atoms with Gasteiger partial charge in [0, 0.05) is 31.3 Å². The van der Waals surface area contributed by atoms with Crippen LogP contribution in [0, 0.1) is 29.6 Å². The Kier molecular flexibility index (Phi) is 3.56. The molecule has 6 rings (SSSR count). The van der Waals surface area contributed by atoms with Crippen molar-refractivity contribution >= 4 is 0 Å². The molecule has 0 aromatic heterocycles.